The van der Waals surface area contributed by atoms with Gasteiger partial charge in [-0.05, 0) is 30.0 Å². The van der Waals surface area contributed by atoms with Crippen LogP contribution in [0.4, 0.5) is 0 Å². The molecular weight excluding hydrogens is 504 g/mol. The monoisotopic (exact) mass is 540 g/mol. The first-order chi connectivity index (χ1) is 17.4. The van der Waals surface area contributed by atoms with Crippen LogP contribution in [-0.4, -0.2) is 72.7 Å². The molecule has 37 heavy (non-hydrogen) atoms. The van der Waals surface area contributed by atoms with Crippen molar-refractivity contribution in [1.29, 1.82) is 0 Å². The molecule has 206 valence electrons. The van der Waals surface area contributed by atoms with Crippen molar-refractivity contribution in [2.75, 3.05) is 19.0 Å². The molecule has 1 aliphatic rings. The zero-order valence-electron chi connectivity index (χ0n) is 22.3. The van der Waals surface area contributed by atoms with Crippen LogP contribution in [-0.2, 0) is 42.9 Å². The van der Waals surface area contributed by atoms with Crippen LogP contribution >= 0.6 is 11.8 Å². The lowest BCUT2D eigenvalue weighted by Gasteiger charge is -2.44. The number of hydrogen-bond acceptors (Lipinski definition) is 11. The van der Waals surface area contributed by atoms with Crippen LogP contribution in [0.5, 0.6) is 5.75 Å². The Hall–Kier alpha value is -2.79. The Balaban J connectivity index is 2.24. The molecule has 0 saturated carbocycles. The van der Waals surface area contributed by atoms with E-state index in [1.165, 1.54) is 39.5 Å². The predicted octanol–water partition coefficient (Wildman–Crippen LogP) is 3.31. The smallest absolute Gasteiger partial charge is 0.303 e. The Kier molecular flexibility index (Phi) is 11.7. The fraction of sp³-hybridized carbons (Fsp3) is 0.615. The van der Waals surface area contributed by atoms with Gasteiger partial charge in [-0.1, -0.05) is 26.0 Å². The highest BCUT2D eigenvalue weighted by atomic mass is 32.2. The molecule has 0 aromatic heterocycles. The van der Waals surface area contributed by atoms with Gasteiger partial charge >= 0.3 is 23.9 Å². The summed E-state index contributed by atoms with van der Waals surface area (Å²) in [7, 11) is 0. The second-order valence-corrected chi connectivity index (χ2v) is 10.2. The maximum absolute atomic E-state index is 11.9. The topological polar surface area (TPSA) is 124 Å². The standard InChI is InChI=1S/C26H36O10S/c1-14(2)20-9-8-15(3)12-21(20)31-10-11-37-26-25(35-19(7)30)24(34-18(6)29)23(33-17(5)28)22(36-26)13-32-16(4)27/h8-9,12,14,22-26H,10-11,13H2,1-7H3. The lowest BCUT2D eigenvalue weighted by Crippen LogP contribution is -2.61. The summed E-state index contributed by atoms with van der Waals surface area (Å²) in [4.78, 5) is 47.1. The van der Waals surface area contributed by atoms with E-state index < -0.39 is 53.7 Å². The summed E-state index contributed by atoms with van der Waals surface area (Å²) in [5.74, 6) is -1.03. The van der Waals surface area contributed by atoms with E-state index in [1.54, 1.807) is 0 Å². The van der Waals surface area contributed by atoms with Crippen molar-refractivity contribution in [2.24, 2.45) is 0 Å². The highest BCUT2D eigenvalue weighted by molar-refractivity contribution is 7.99. The second kappa shape index (κ2) is 14.2. The van der Waals surface area contributed by atoms with E-state index in [0.717, 1.165) is 16.9 Å². The molecule has 0 spiro atoms. The fourth-order valence-corrected chi connectivity index (χ4v) is 4.92. The normalized spacial score (nSPS) is 23.2. The minimum atomic E-state index is -1.18. The fourth-order valence-electron chi connectivity index (χ4n) is 3.88. The number of thioether (sulfide) groups is 1. The van der Waals surface area contributed by atoms with Crippen LogP contribution in [0, 0.1) is 6.92 Å². The molecule has 1 aromatic carbocycles. The van der Waals surface area contributed by atoms with Crippen LogP contribution in [0.15, 0.2) is 18.2 Å². The van der Waals surface area contributed by atoms with E-state index in [-0.39, 0.29) is 12.5 Å². The Labute approximate surface area is 221 Å². The summed E-state index contributed by atoms with van der Waals surface area (Å²) in [5.41, 5.74) is 1.33. The number of hydrogen-bond donors (Lipinski definition) is 0. The number of benzene rings is 1. The van der Waals surface area contributed by atoms with E-state index in [4.69, 9.17) is 28.4 Å². The van der Waals surface area contributed by atoms with Gasteiger partial charge in [0.1, 0.15) is 23.9 Å². The van der Waals surface area contributed by atoms with Gasteiger partial charge in [0.15, 0.2) is 18.3 Å². The molecule has 1 fully saturated rings. The summed E-state index contributed by atoms with van der Waals surface area (Å²) in [5, 5.41) is 0. The zero-order chi connectivity index (χ0) is 27.7. The Morgan fingerprint density at radius 3 is 2.05 bits per heavy atom. The molecule has 2 rings (SSSR count). The highest BCUT2D eigenvalue weighted by Gasteiger charge is 2.52. The first-order valence-corrected chi connectivity index (χ1v) is 13.1. The molecule has 11 heteroatoms. The SMILES string of the molecule is CC(=O)OCC1OC(SCCOc2cc(C)ccc2C(C)C)C(OC(C)=O)C(OC(C)=O)C1OC(C)=O. The molecular formula is C26H36O10S. The van der Waals surface area contributed by atoms with E-state index in [9.17, 15) is 19.2 Å². The number of esters is 4. The van der Waals surface area contributed by atoms with Gasteiger partial charge in [-0.25, -0.2) is 0 Å². The van der Waals surface area contributed by atoms with Crippen LogP contribution in [0.25, 0.3) is 0 Å². The molecule has 0 amide bonds. The Bertz CT molecular complexity index is 963. The first kappa shape index (κ1) is 30.4. The molecule has 1 aliphatic heterocycles. The number of carbonyl (C=O) groups excluding carboxylic acids is 4. The summed E-state index contributed by atoms with van der Waals surface area (Å²) < 4.78 is 33.6. The summed E-state index contributed by atoms with van der Waals surface area (Å²) in [6.07, 6.45) is -4.40. The van der Waals surface area contributed by atoms with Crippen molar-refractivity contribution >= 4 is 35.6 Å². The van der Waals surface area contributed by atoms with Gasteiger partial charge in [0.05, 0.1) is 6.61 Å². The molecule has 10 nitrogen and oxygen atoms in total. The van der Waals surface area contributed by atoms with Gasteiger partial charge in [-0.2, -0.15) is 0 Å². The predicted molar refractivity (Wildman–Crippen MR) is 135 cm³/mol. The number of ether oxygens (including phenoxy) is 6. The molecule has 0 radical (unpaired) electrons. The van der Waals surface area contributed by atoms with Gasteiger partial charge in [0.2, 0.25) is 0 Å². The third-order valence-electron chi connectivity index (χ3n) is 5.36. The quantitative estimate of drug-likeness (QED) is 0.233. The van der Waals surface area contributed by atoms with Gasteiger partial charge in [-0.3, -0.25) is 19.2 Å². The molecule has 0 aliphatic carbocycles. The molecule has 0 bridgehead atoms. The van der Waals surface area contributed by atoms with Crippen LogP contribution in [0.3, 0.4) is 0 Å². The minimum Gasteiger partial charge on any atom is -0.492 e. The van der Waals surface area contributed by atoms with E-state index in [0.29, 0.717) is 12.4 Å². The Morgan fingerprint density at radius 1 is 0.892 bits per heavy atom. The average Bonchev–Trinajstić information content (AvgIpc) is 2.77. The lowest BCUT2D eigenvalue weighted by atomic mass is 9.99. The lowest BCUT2D eigenvalue weighted by molar-refractivity contribution is -0.237. The van der Waals surface area contributed by atoms with Crippen molar-refractivity contribution in [3.05, 3.63) is 29.3 Å². The van der Waals surface area contributed by atoms with Crippen molar-refractivity contribution < 1.29 is 47.6 Å². The minimum absolute atomic E-state index is 0.258. The third kappa shape index (κ3) is 9.55. The van der Waals surface area contributed by atoms with Gasteiger partial charge in [0.25, 0.3) is 0 Å². The average molecular weight is 541 g/mol. The van der Waals surface area contributed by atoms with Gasteiger partial charge in [0, 0.05) is 33.4 Å². The molecule has 1 saturated heterocycles. The van der Waals surface area contributed by atoms with E-state index in [2.05, 4.69) is 13.8 Å². The van der Waals surface area contributed by atoms with Gasteiger partial charge in [-0.15, -0.1) is 11.8 Å². The van der Waals surface area contributed by atoms with Crippen LogP contribution in [0.1, 0.15) is 58.6 Å². The highest BCUT2D eigenvalue weighted by Crippen LogP contribution is 2.35. The van der Waals surface area contributed by atoms with Gasteiger partial charge < -0.3 is 28.4 Å². The third-order valence-corrected chi connectivity index (χ3v) is 6.47. The van der Waals surface area contributed by atoms with E-state index in [1.807, 2.05) is 25.1 Å². The molecule has 1 heterocycles. The maximum Gasteiger partial charge on any atom is 0.303 e. The molecule has 5 atom stereocenters. The summed E-state index contributed by atoms with van der Waals surface area (Å²) in [6.45, 7) is 11.0. The van der Waals surface area contributed by atoms with Crippen molar-refractivity contribution in [2.45, 2.75) is 84.2 Å². The number of aryl methyl sites for hydroxylation is 1. The van der Waals surface area contributed by atoms with Crippen LogP contribution in [0.2, 0.25) is 0 Å². The Morgan fingerprint density at radius 2 is 1.49 bits per heavy atom. The zero-order valence-corrected chi connectivity index (χ0v) is 23.1. The second-order valence-electron chi connectivity index (χ2n) is 8.98. The largest absolute Gasteiger partial charge is 0.492 e. The molecule has 5 unspecified atom stereocenters. The summed E-state index contributed by atoms with van der Waals surface area (Å²) >= 11 is 1.28. The molecule has 0 N–H and O–H groups in total. The number of carbonyl (C=O) groups is 4. The molecule has 1 aromatic rings. The van der Waals surface area contributed by atoms with E-state index >= 15 is 0 Å². The van der Waals surface area contributed by atoms with Crippen LogP contribution < -0.4 is 4.74 Å². The first-order valence-electron chi connectivity index (χ1n) is 12.0. The maximum atomic E-state index is 11.9. The summed E-state index contributed by atoms with van der Waals surface area (Å²) in [6, 6.07) is 6.06. The van der Waals surface area contributed by atoms with Crippen molar-refractivity contribution in [1.82, 2.24) is 0 Å². The number of rotatable bonds is 11. The van der Waals surface area contributed by atoms with Crippen molar-refractivity contribution in [3.63, 3.8) is 0 Å². The van der Waals surface area contributed by atoms with Crippen molar-refractivity contribution in [3.8, 4) is 5.75 Å².